The van der Waals surface area contributed by atoms with Crippen LogP contribution >= 0.6 is 0 Å². The van der Waals surface area contributed by atoms with Crippen molar-refractivity contribution in [3.05, 3.63) is 59.2 Å². The maximum Gasteiger partial charge on any atom is 0.265 e. The van der Waals surface area contributed by atoms with Crippen LogP contribution in [0.1, 0.15) is 35.3 Å². The smallest absolute Gasteiger partial charge is 0.265 e. The molecule has 29 heavy (non-hydrogen) atoms. The van der Waals surface area contributed by atoms with Crippen molar-refractivity contribution in [3.63, 3.8) is 0 Å². The fourth-order valence-corrected chi connectivity index (χ4v) is 2.56. The van der Waals surface area contributed by atoms with Gasteiger partial charge in [0.25, 0.3) is 11.8 Å². The molecular formula is C22H27N3O4. The first-order valence-electron chi connectivity index (χ1n) is 9.44. The lowest BCUT2D eigenvalue weighted by Crippen LogP contribution is -2.33. The van der Waals surface area contributed by atoms with E-state index in [1.807, 2.05) is 32.0 Å². The van der Waals surface area contributed by atoms with Crippen LogP contribution in [0.4, 0.5) is 5.69 Å². The molecule has 0 bridgehead atoms. The van der Waals surface area contributed by atoms with Crippen LogP contribution in [0.25, 0.3) is 0 Å². The summed E-state index contributed by atoms with van der Waals surface area (Å²) >= 11 is 0. The second-order valence-electron chi connectivity index (χ2n) is 6.76. The van der Waals surface area contributed by atoms with Crippen molar-refractivity contribution in [2.75, 3.05) is 18.4 Å². The molecule has 0 radical (unpaired) electrons. The number of aryl methyl sites for hydroxylation is 1. The SMILES string of the molecule is CC(=O)NCCNC(=O)c1ccc(NC(=O)C(C)Oc2cccc(C)c2C)cc1. The second-order valence-corrected chi connectivity index (χ2v) is 6.76. The lowest BCUT2D eigenvalue weighted by molar-refractivity contribution is -0.122. The van der Waals surface area contributed by atoms with E-state index in [2.05, 4.69) is 16.0 Å². The van der Waals surface area contributed by atoms with Gasteiger partial charge in [-0.1, -0.05) is 12.1 Å². The monoisotopic (exact) mass is 397 g/mol. The summed E-state index contributed by atoms with van der Waals surface area (Å²) < 4.78 is 5.79. The quantitative estimate of drug-likeness (QED) is 0.597. The van der Waals surface area contributed by atoms with Crippen molar-refractivity contribution in [3.8, 4) is 5.75 Å². The molecule has 0 aliphatic rings. The van der Waals surface area contributed by atoms with E-state index in [1.165, 1.54) is 6.92 Å². The molecule has 2 aromatic rings. The molecule has 154 valence electrons. The Labute approximate surface area is 170 Å². The Kier molecular flexibility index (Phi) is 7.77. The minimum atomic E-state index is -0.674. The Balaban J connectivity index is 1.88. The molecule has 0 aromatic heterocycles. The summed E-state index contributed by atoms with van der Waals surface area (Å²) in [5, 5.41) is 8.10. The van der Waals surface area contributed by atoms with Crippen LogP contribution in [0, 0.1) is 13.8 Å². The van der Waals surface area contributed by atoms with Crippen LogP contribution < -0.4 is 20.7 Å². The third-order valence-electron chi connectivity index (χ3n) is 4.43. The Morgan fingerprint density at radius 2 is 1.62 bits per heavy atom. The van der Waals surface area contributed by atoms with Crippen LogP contribution in [-0.4, -0.2) is 36.9 Å². The van der Waals surface area contributed by atoms with Gasteiger partial charge in [0.05, 0.1) is 0 Å². The maximum absolute atomic E-state index is 12.4. The van der Waals surface area contributed by atoms with Crippen LogP contribution in [0.2, 0.25) is 0 Å². The van der Waals surface area contributed by atoms with Gasteiger partial charge >= 0.3 is 0 Å². The van der Waals surface area contributed by atoms with E-state index < -0.39 is 6.10 Å². The zero-order chi connectivity index (χ0) is 21.4. The summed E-state index contributed by atoms with van der Waals surface area (Å²) in [6, 6.07) is 12.3. The third kappa shape index (κ3) is 6.64. The molecule has 0 saturated heterocycles. The van der Waals surface area contributed by atoms with E-state index in [4.69, 9.17) is 4.74 Å². The Bertz CT molecular complexity index is 878. The summed E-state index contributed by atoms with van der Waals surface area (Å²) in [7, 11) is 0. The van der Waals surface area contributed by atoms with Gasteiger partial charge in [-0.2, -0.15) is 0 Å². The number of hydrogen-bond acceptors (Lipinski definition) is 4. The highest BCUT2D eigenvalue weighted by molar-refractivity contribution is 5.96. The summed E-state index contributed by atoms with van der Waals surface area (Å²) in [6.07, 6.45) is -0.674. The van der Waals surface area contributed by atoms with E-state index in [0.29, 0.717) is 30.1 Å². The molecule has 2 rings (SSSR count). The molecule has 2 aromatic carbocycles. The topological polar surface area (TPSA) is 96.5 Å². The maximum atomic E-state index is 12.4. The van der Waals surface area contributed by atoms with Crippen molar-refractivity contribution in [2.45, 2.75) is 33.8 Å². The lowest BCUT2D eigenvalue weighted by atomic mass is 10.1. The zero-order valence-corrected chi connectivity index (χ0v) is 17.2. The number of nitrogens with one attached hydrogen (secondary N) is 3. The minimum Gasteiger partial charge on any atom is -0.481 e. The molecule has 0 aliphatic heterocycles. The fourth-order valence-electron chi connectivity index (χ4n) is 2.56. The van der Waals surface area contributed by atoms with E-state index in [1.54, 1.807) is 31.2 Å². The normalized spacial score (nSPS) is 11.3. The standard InChI is InChI=1S/C22H27N3O4/c1-14-6-5-7-20(15(14)2)29-16(3)21(27)25-19-10-8-18(9-11-19)22(28)24-13-12-23-17(4)26/h5-11,16H,12-13H2,1-4H3,(H,23,26)(H,24,28)(H,25,27). The fraction of sp³-hybridized carbons (Fsp3) is 0.318. The first-order chi connectivity index (χ1) is 13.8. The molecule has 3 N–H and O–H groups in total. The molecule has 1 atom stereocenters. The molecule has 1 unspecified atom stereocenters. The van der Waals surface area contributed by atoms with Gasteiger partial charge < -0.3 is 20.7 Å². The van der Waals surface area contributed by atoms with Gasteiger partial charge in [-0.05, 0) is 62.2 Å². The molecule has 0 saturated carbocycles. The second kappa shape index (κ2) is 10.3. The van der Waals surface area contributed by atoms with Gasteiger partial charge in [0.1, 0.15) is 5.75 Å². The highest BCUT2D eigenvalue weighted by Crippen LogP contribution is 2.22. The van der Waals surface area contributed by atoms with Crippen molar-refractivity contribution in [1.82, 2.24) is 10.6 Å². The van der Waals surface area contributed by atoms with Crippen LogP contribution in [0.3, 0.4) is 0 Å². The van der Waals surface area contributed by atoms with Gasteiger partial charge in [0.2, 0.25) is 5.91 Å². The summed E-state index contributed by atoms with van der Waals surface area (Å²) in [5.41, 5.74) is 3.13. The number of benzene rings is 2. The van der Waals surface area contributed by atoms with Crippen molar-refractivity contribution < 1.29 is 19.1 Å². The lowest BCUT2D eigenvalue weighted by Gasteiger charge is -2.17. The largest absolute Gasteiger partial charge is 0.481 e. The van der Waals surface area contributed by atoms with Crippen molar-refractivity contribution >= 4 is 23.4 Å². The number of hydrogen-bond donors (Lipinski definition) is 3. The van der Waals surface area contributed by atoms with E-state index in [9.17, 15) is 14.4 Å². The first kappa shape index (κ1) is 21.9. The highest BCUT2D eigenvalue weighted by Gasteiger charge is 2.16. The minimum absolute atomic E-state index is 0.143. The zero-order valence-electron chi connectivity index (χ0n) is 17.2. The Morgan fingerprint density at radius 3 is 2.28 bits per heavy atom. The van der Waals surface area contributed by atoms with Crippen LogP contribution in [0.15, 0.2) is 42.5 Å². The molecule has 7 heteroatoms. The highest BCUT2D eigenvalue weighted by atomic mass is 16.5. The Morgan fingerprint density at radius 1 is 0.966 bits per heavy atom. The van der Waals surface area contributed by atoms with Gasteiger partial charge in [-0.3, -0.25) is 14.4 Å². The molecular weight excluding hydrogens is 370 g/mol. The van der Waals surface area contributed by atoms with Gasteiger partial charge in [-0.25, -0.2) is 0 Å². The van der Waals surface area contributed by atoms with Gasteiger partial charge in [0, 0.05) is 31.3 Å². The van der Waals surface area contributed by atoms with E-state index >= 15 is 0 Å². The Hall–Kier alpha value is -3.35. The van der Waals surface area contributed by atoms with Crippen molar-refractivity contribution in [1.29, 1.82) is 0 Å². The molecule has 0 aliphatic carbocycles. The molecule has 0 heterocycles. The van der Waals surface area contributed by atoms with Gasteiger partial charge in [0.15, 0.2) is 6.10 Å². The average Bonchev–Trinajstić information content (AvgIpc) is 2.69. The van der Waals surface area contributed by atoms with Gasteiger partial charge in [-0.15, -0.1) is 0 Å². The predicted octanol–water partition coefficient (Wildman–Crippen LogP) is 2.58. The first-order valence-corrected chi connectivity index (χ1v) is 9.44. The molecule has 7 nitrogen and oxygen atoms in total. The number of rotatable bonds is 8. The third-order valence-corrected chi connectivity index (χ3v) is 4.43. The number of carbonyl (C=O) groups excluding carboxylic acids is 3. The molecule has 0 spiro atoms. The predicted molar refractivity (Wildman–Crippen MR) is 112 cm³/mol. The van der Waals surface area contributed by atoms with Crippen LogP contribution in [0.5, 0.6) is 5.75 Å². The number of anilines is 1. The molecule has 0 fully saturated rings. The van der Waals surface area contributed by atoms with E-state index in [0.717, 1.165) is 11.1 Å². The number of ether oxygens (including phenoxy) is 1. The number of carbonyl (C=O) groups is 3. The van der Waals surface area contributed by atoms with Crippen molar-refractivity contribution in [2.24, 2.45) is 0 Å². The summed E-state index contributed by atoms with van der Waals surface area (Å²) in [5.74, 6) is 0.00677. The average molecular weight is 397 g/mol. The molecule has 3 amide bonds. The van der Waals surface area contributed by atoms with E-state index in [-0.39, 0.29) is 17.7 Å². The summed E-state index contributed by atoms with van der Waals surface area (Å²) in [6.45, 7) is 7.76. The number of amides is 3. The van der Waals surface area contributed by atoms with Crippen LogP contribution in [-0.2, 0) is 9.59 Å². The summed E-state index contributed by atoms with van der Waals surface area (Å²) in [4.78, 5) is 35.3.